The molecule has 1 aliphatic heterocycles. The van der Waals surface area contributed by atoms with Crippen molar-refractivity contribution in [3.05, 3.63) is 39.8 Å². The van der Waals surface area contributed by atoms with E-state index in [2.05, 4.69) is 35.6 Å². The summed E-state index contributed by atoms with van der Waals surface area (Å²) in [4.78, 5) is 4.53. The van der Waals surface area contributed by atoms with Crippen molar-refractivity contribution >= 4 is 11.3 Å². The zero-order chi connectivity index (χ0) is 14.1. The predicted octanol–water partition coefficient (Wildman–Crippen LogP) is 3.59. The molecular formula is C15H18N2O2S. The van der Waals surface area contributed by atoms with Gasteiger partial charge in [-0.15, -0.1) is 11.3 Å². The van der Waals surface area contributed by atoms with Crippen molar-refractivity contribution in [3.8, 4) is 11.5 Å². The van der Waals surface area contributed by atoms with Crippen LogP contribution in [0.3, 0.4) is 0 Å². The van der Waals surface area contributed by atoms with E-state index in [9.17, 15) is 0 Å². The van der Waals surface area contributed by atoms with Gasteiger partial charge in [0.15, 0.2) is 11.5 Å². The third kappa shape index (κ3) is 2.64. The van der Waals surface area contributed by atoms with Crippen LogP contribution in [0.5, 0.6) is 11.5 Å². The molecule has 2 aromatic rings. The summed E-state index contributed by atoms with van der Waals surface area (Å²) in [6, 6.07) is 6.54. The molecule has 0 aliphatic carbocycles. The molecule has 1 N–H and O–H groups in total. The number of rotatable bonds is 4. The van der Waals surface area contributed by atoms with Gasteiger partial charge in [-0.25, -0.2) is 4.98 Å². The van der Waals surface area contributed by atoms with Gasteiger partial charge in [0.1, 0.15) is 5.01 Å². The van der Waals surface area contributed by atoms with E-state index in [1.807, 2.05) is 19.1 Å². The van der Waals surface area contributed by atoms with E-state index in [4.69, 9.17) is 9.47 Å². The fourth-order valence-electron chi connectivity index (χ4n) is 2.30. The third-order valence-electron chi connectivity index (χ3n) is 3.40. The van der Waals surface area contributed by atoms with Gasteiger partial charge in [0.05, 0.1) is 6.04 Å². The Morgan fingerprint density at radius 3 is 2.75 bits per heavy atom. The fraction of sp³-hybridized carbons (Fsp3) is 0.400. The van der Waals surface area contributed by atoms with Crippen LogP contribution in [-0.2, 0) is 0 Å². The second-order valence-corrected chi connectivity index (χ2v) is 5.94. The number of hydrogen-bond acceptors (Lipinski definition) is 5. The Morgan fingerprint density at radius 1 is 1.20 bits per heavy atom. The smallest absolute Gasteiger partial charge is 0.231 e. The van der Waals surface area contributed by atoms with E-state index in [-0.39, 0.29) is 12.1 Å². The molecule has 0 fully saturated rings. The number of benzene rings is 1. The van der Waals surface area contributed by atoms with E-state index in [1.165, 1.54) is 5.56 Å². The van der Waals surface area contributed by atoms with Crippen LogP contribution in [0.15, 0.2) is 23.6 Å². The highest BCUT2D eigenvalue weighted by Gasteiger charge is 2.18. The second-order valence-electron chi connectivity index (χ2n) is 5.05. The number of hydrogen-bond donors (Lipinski definition) is 1. The van der Waals surface area contributed by atoms with Crippen LogP contribution < -0.4 is 14.8 Å². The highest BCUT2D eigenvalue weighted by molar-refractivity contribution is 7.09. The number of fused-ring (bicyclic) bond motifs is 1. The van der Waals surface area contributed by atoms with E-state index >= 15 is 0 Å². The van der Waals surface area contributed by atoms with Crippen molar-refractivity contribution < 1.29 is 9.47 Å². The van der Waals surface area contributed by atoms with Crippen molar-refractivity contribution in [2.75, 3.05) is 6.79 Å². The minimum absolute atomic E-state index is 0.226. The molecule has 1 aromatic heterocycles. The number of aryl methyl sites for hydroxylation is 1. The van der Waals surface area contributed by atoms with Crippen molar-refractivity contribution in [1.29, 1.82) is 0 Å². The highest BCUT2D eigenvalue weighted by atomic mass is 32.1. The van der Waals surface area contributed by atoms with Crippen molar-refractivity contribution in [2.45, 2.75) is 32.9 Å². The topological polar surface area (TPSA) is 43.4 Å². The Hall–Kier alpha value is -1.59. The Labute approximate surface area is 122 Å². The molecule has 5 heteroatoms. The van der Waals surface area contributed by atoms with E-state index in [0.29, 0.717) is 6.79 Å². The normalized spacial score (nSPS) is 16.1. The largest absolute Gasteiger partial charge is 0.454 e. The van der Waals surface area contributed by atoms with Gasteiger partial charge in [-0.2, -0.15) is 0 Å². The average Bonchev–Trinajstić information content (AvgIpc) is 3.05. The zero-order valence-electron chi connectivity index (χ0n) is 11.8. The number of thiazole rings is 1. The first-order valence-corrected chi connectivity index (χ1v) is 7.59. The van der Waals surface area contributed by atoms with Gasteiger partial charge in [-0.3, -0.25) is 0 Å². The lowest BCUT2D eigenvalue weighted by atomic mass is 10.1. The summed E-state index contributed by atoms with van der Waals surface area (Å²) in [6.45, 7) is 6.62. The minimum atomic E-state index is 0.226. The molecule has 1 aromatic carbocycles. The molecular weight excluding hydrogens is 272 g/mol. The first-order valence-electron chi connectivity index (χ1n) is 6.71. The van der Waals surface area contributed by atoms with Crippen molar-refractivity contribution in [2.24, 2.45) is 0 Å². The summed E-state index contributed by atoms with van der Waals surface area (Å²) < 4.78 is 10.8. The number of nitrogens with zero attached hydrogens (tertiary/aromatic N) is 1. The third-order valence-corrected chi connectivity index (χ3v) is 4.55. The molecule has 0 saturated carbocycles. The van der Waals surface area contributed by atoms with Crippen LogP contribution in [0.2, 0.25) is 0 Å². The first kappa shape index (κ1) is 13.4. The molecule has 20 heavy (non-hydrogen) atoms. The maximum atomic E-state index is 5.42. The van der Waals surface area contributed by atoms with Crippen LogP contribution in [0.1, 0.15) is 42.2 Å². The Morgan fingerprint density at radius 2 is 2.00 bits per heavy atom. The van der Waals surface area contributed by atoms with Crippen molar-refractivity contribution in [1.82, 2.24) is 10.3 Å². The first-order chi connectivity index (χ1) is 9.63. The van der Waals surface area contributed by atoms with Gasteiger partial charge >= 0.3 is 0 Å². The summed E-state index contributed by atoms with van der Waals surface area (Å²) >= 11 is 1.70. The molecule has 1 aliphatic rings. The molecule has 3 rings (SSSR count). The van der Waals surface area contributed by atoms with Gasteiger partial charge in [0.25, 0.3) is 0 Å². The maximum absolute atomic E-state index is 5.42. The lowest BCUT2D eigenvalue weighted by Gasteiger charge is -2.19. The average molecular weight is 290 g/mol. The molecule has 0 bridgehead atoms. The number of ether oxygens (including phenoxy) is 2. The molecule has 4 nitrogen and oxygen atoms in total. The highest BCUT2D eigenvalue weighted by Crippen LogP contribution is 2.34. The predicted molar refractivity (Wildman–Crippen MR) is 79.4 cm³/mol. The molecule has 106 valence electrons. The quantitative estimate of drug-likeness (QED) is 0.934. The molecule has 0 spiro atoms. The van der Waals surface area contributed by atoms with E-state index in [1.54, 1.807) is 11.3 Å². The minimum Gasteiger partial charge on any atom is -0.454 e. The standard InChI is InChI=1S/C15H18N2O2S/c1-9-7-20-15(16-9)11(3)17-10(2)12-4-5-13-14(6-12)19-8-18-13/h4-7,10-11,17H,8H2,1-3H3. The Kier molecular flexibility index (Phi) is 3.63. The molecule has 0 saturated heterocycles. The van der Waals surface area contributed by atoms with Crippen LogP contribution in [0.4, 0.5) is 0 Å². The molecule has 2 atom stereocenters. The molecule has 2 unspecified atom stereocenters. The summed E-state index contributed by atoms with van der Waals surface area (Å²) in [5.74, 6) is 1.65. The zero-order valence-corrected chi connectivity index (χ0v) is 12.7. The summed E-state index contributed by atoms with van der Waals surface area (Å²) in [5, 5.41) is 6.77. The summed E-state index contributed by atoms with van der Waals surface area (Å²) in [7, 11) is 0. The van der Waals surface area contributed by atoms with Crippen molar-refractivity contribution in [3.63, 3.8) is 0 Å². The molecule has 2 heterocycles. The van der Waals surface area contributed by atoms with E-state index in [0.717, 1.165) is 22.2 Å². The van der Waals surface area contributed by atoms with Gasteiger partial charge in [-0.1, -0.05) is 6.07 Å². The molecule has 0 amide bonds. The summed E-state index contributed by atoms with van der Waals surface area (Å²) in [5.41, 5.74) is 2.27. The lowest BCUT2D eigenvalue weighted by Crippen LogP contribution is -2.22. The lowest BCUT2D eigenvalue weighted by molar-refractivity contribution is 0.174. The molecule has 0 radical (unpaired) electrons. The SMILES string of the molecule is Cc1csc(C(C)NC(C)c2ccc3c(c2)OCO3)n1. The van der Waals surface area contributed by atoms with Gasteiger partial charge < -0.3 is 14.8 Å². The van der Waals surface area contributed by atoms with Crippen LogP contribution in [0.25, 0.3) is 0 Å². The Balaban J connectivity index is 1.71. The van der Waals surface area contributed by atoms with Gasteiger partial charge in [0, 0.05) is 17.1 Å². The Bertz CT molecular complexity index is 612. The number of nitrogens with one attached hydrogen (secondary N) is 1. The van der Waals surface area contributed by atoms with Crippen LogP contribution >= 0.6 is 11.3 Å². The summed E-state index contributed by atoms with van der Waals surface area (Å²) in [6.07, 6.45) is 0. The fourth-order valence-corrected chi connectivity index (χ4v) is 3.11. The number of aromatic nitrogens is 1. The van der Waals surface area contributed by atoms with E-state index < -0.39 is 0 Å². The second kappa shape index (κ2) is 5.42. The van der Waals surface area contributed by atoms with Gasteiger partial charge in [-0.05, 0) is 38.5 Å². The van der Waals surface area contributed by atoms with Crippen LogP contribution in [0, 0.1) is 6.92 Å². The monoisotopic (exact) mass is 290 g/mol. The van der Waals surface area contributed by atoms with Gasteiger partial charge in [0.2, 0.25) is 6.79 Å². The maximum Gasteiger partial charge on any atom is 0.231 e. The van der Waals surface area contributed by atoms with Crippen LogP contribution in [-0.4, -0.2) is 11.8 Å².